The molecule has 0 atom stereocenters. The molecule has 0 aliphatic carbocycles. The highest BCUT2D eigenvalue weighted by molar-refractivity contribution is 7.89. The number of likely N-dealkylation sites (N-methyl/N-ethyl adjacent to an activating group) is 1. The van der Waals surface area contributed by atoms with E-state index in [-0.39, 0.29) is 4.90 Å². The number of piperazine rings is 1. The standard InChI is InChI=1S/C16H22N4O4S/c1-4-19-7-9-20(10-8-19)25(23,24)12-5-6-13-14(11-12)18(3)16(22)15(21)17(13)2/h5-6,11H,4,7-10H2,1-3H3. The lowest BCUT2D eigenvalue weighted by Gasteiger charge is -2.33. The van der Waals surface area contributed by atoms with Gasteiger partial charge in [-0.1, -0.05) is 6.92 Å². The second kappa shape index (κ2) is 6.40. The number of rotatable bonds is 3. The largest absolute Gasteiger partial charge is 0.316 e. The van der Waals surface area contributed by atoms with E-state index in [0.29, 0.717) is 37.2 Å². The molecule has 0 N–H and O–H groups in total. The fraction of sp³-hybridized carbons (Fsp3) is 0.500. The molecule has 1 aliphatic heterocycles. The van der Waals surface area contributed by atoms with Crippen LogP contribution in [0.25, 0.3) is 11.0 Å². The van der Waals surface area contributed by atoms with Crippen LogP contribution < -0.4 is 11.1 Å². The van der Waals surface area contributed by atoms with Gasteiger partial charge in [0, 0.05) is 40.3 Å². The van der Waals surface area contributed by atoms with E-state index in [1.54, 1.807) is 6.07 Å². The van der Waals surface area contributed by atoms with E-state index in [2.05, 4.69) is 11.8 Å². The quantitative estimate of drug-likeness (QED) is 0.688. The SMILES string of the molecule is CCN1CCN(S(=O)(=O)c2ccc3c(c2)n(C)c(=O)c(=O)n3C)CC1. The van der Waals surface area contributed by atoms with E-state index in [4.69, 9.17) is 0 Å². The predicted molar refractivity (Wildman–Crippen MR) is 95.3 cm³/mol. The summed E-state index contributed by atoms with van der Waals surface area (Å²) in [5.41, 5.74) is -0.385. The fourth-order valence-electron chi connectivity index (χ4n) is 3.16. The Hall–Kier alpha value is -1.97. The van der Waals surface area contributed by atoms with Crippen molar-refractivity contribution in [1.29, 1.82) is 0 Å². The smallest absolute Gasteiger partial charge is 0.305 e. The second-order valence-electron chi connectivity index (χ2n) is 6.22. The van der Waals surface area contributed by atoms with Gasteiger partial charge in [-0.05, 0) is 24.7 Å². The molecule has 0 spiro atoms. The molecule has 2 aromatic rings. The van der Waals surface area contributed by atoms with Gasteiger partial charge in [0.25, 0.3) is 0 Å². The van der Waals surface area contributed by atoms with Crippen LogP contribution in [0.15, 0.2) is 32.7 Å². The van der Waals surface area contributed by atoms with Crippen LogP contribution >= 0.6 is 0 Å². The van der Waals surface area contributed by atoms with Crippen molar-refractivity contribution >= 4 is 21.1 Å². The Kier molecular flexibility index (Phi) is 4.56. The first-order chi connectivity index (χ1) is 11.8. The first-order valence-electron chi connectivity index (χ1n) is 8.19. The normalized spacial score (nSPS) is 17.2. The van der Waals surface area contributed by atoms with Crippen LogP contribution in [0.2, 0.25) is 0 Å². The first-order valence-corrected chi connectivity index (χ1v) is 9.63. The van der Waals surface area contributed by atoms with Crippen molar-refractivity contribution in [2.75, 3.05) is 32.7 Å². The molecule has 0 bridgehead atoms. The molecule has 0 radical (unpaired) electrons. The highest BCUT2D eigenvalue weighted by Crippen LogP contribution is 2.21. The minimum absolute atomic E-state index is 0.138. The lowest BCUT2D eigenvalue weighted by Crippen LogP contribution is -2.48. The Labute approximate surface area is 145 Å². The molecule has 0 unspecified atom stereocenters. The third-order valence-corrected chi connectivity index (χ3v) is 6.77. The third kappa shape index (κ3) is 2.92. The van der Waals surface area contributed by atoms with Crippen molar-refractivity contribution in [1.82, 2.24) is 18.3 Å². The number of sulfonamides is 1. The lowest BCUT2D eigenvalue weighted by atomic mass is 10.3. The third-order valence-electron chi connectivity index (χ3n) is 4.88. The number of hydrogen-bond donors (Lipinski definition) is 0. The molecular formula is C16H22N4O4S. The van der Waals surface area contributed by atoms with Gasteiger partial charge < -0.3 is 14.0 Å². The van der Waals surface area contributed by atoms with Gasteiger partial charge in [-0.25, -0.2) is 8.42 Å². The Bertz CT molecular complexity index is 1030. The molecule has 136 valence electrons. The maximum absolute atomic E-state index is 12.9. The Morgan fingerprint density at radius 2 is 1.48 bits per heavy atom. The number of benzene rings is 1. The zero-order valence-electron chi connectivity index (χ0n) is 14.6. The summed E-state index contributed by atoms with van der Waals surface area (Å²) in [5, 5.41) is 0. The van der Waals surface area contributed by atoms with E-state index in [1.165, 1.54) is 39.7 Å². The van der Waals surface area contributed by atoms with Crippen LogP contribution in [0.4, 0.5) is 0 Å². The van der Waals surface area contributed by atoms with Crippen LogP contribution in [0, 0.1) is 0 Å². The Balaban J connectivity index is 2.07. The highest BCUT2D eigenvalue weighted by atomic mass is 32.2. The van der Waals surface area contributed by atoms with Crippen LogP contribution in [0.3, 0.4) is 0 Å². The predicted octanol–water partition coefficient (Wildman–Crippen LogP) is -0.437. The van der Waals surface area contributed by atoms with Gasteiger partial charge in [-0.2, -0.15) is 4.31 Å². The zero-order valence-corrected chi connectivity index (χ0v) is 15.4. The molecule has 1 saturated heterocycles. The summed E-state index contributed by atoms with van der Waals surface area (Å²) in [6.07, 6.45) is 0. The molecule has 0 amide bonds. The summed E-state index contributed by atoms with van der Waals surface area (Å²) in [7, 11) is -0.655. The number of aromatic nitrogens is 2. The summed E-state index contributed by atoms with van der Waals surface area (Å²) in [6, 6.07) is 4.54. The second-order valence-corrected chi connectivity index (χ2v) is 8.16. The summed E-state index contributed by atoms with van der Waals surface area (Å²) in [6.45, 7) is 5.26. The van der Waals surface area contributed by atoms with Gasteiger partial charge in [0.1, 0.15) is 0 Å². The van der Waals surface area contributed by atoms with Crippen LogP contribution in [0.5, 0.6) is 0 Å². The average Bonchev–Trinajstić information content (AvgIpc) is 2.64. The molecule has 8 nitrogen and oxygen atoms in total. The Morgan fingerprint density at radius 3 is 2.04 bits per heavy atom. The van der Waals surface area contributed by atoms with Crippen molar-refractivity contribution < 1.29 is 8.42 Å². The Morgan fingerprint density at radius 1 is 0.920 bits per heavy atom. The van der Waals surface area contributed by atoms with Crippen LogP contribution in [-0.4, -0.2) is 59.5 Å². The first kappa shape index (κ1) is 17.8. The molecule has 1 aromatic carbocycles. The van der Waals surface area contributed by atoms with Gasteiger partial charge in [0.15, 0.2) is 0 Å². The molecule has 3 rings (SSSR count). The summed E-state index contributed by atoms with van der Waals surface area (Å²) >= 11 is 0. The van der Waals surface area contributed by atoms with E-state index < -0.39 is 21.1 Å². The van der Waals surface area contributed by atoms with Gasteiger partial charge in [0.05, 0.1) is 15.9 Å². The fourth-order valence-corrected chi connectivity index (χ4v) is 4.60. The van der Waals surface area contributed by atoms with E-state index in [0.717, 1.165) is 6.54 Å². The molecule has 1 aromatic heterocycles. The van der Waals surface area contributed by atoms with Crippen molar-refractivity contribution in [2.24, 2.45) is 14.1 Å². The maximum Gasteiger partial charge on any atom is 0.316 e. The number of hydrogen-bond acceptors (Lipinski definition) is 5. The number of nitrogens with zero attached hydrogens (tertiary/aromatic N) is 4. The van der Waals surface area contributed by atoms with Crippen molar-refractivity contribution in [2.45, 2.75) is 11.8 Å². The van der Waals surface area contributed by atoms with Crippen molar-refractivity contribution in [3.8, 4) is 0 Å². The summed E-state index contributed by atoms with van der Waals surface area (Å²) in [4.78, 5) is 26.2. The van der Waals surface area contributed by atoms with Gasteiger partial charge in [-0.3, -0.25) is 9.59 Å². The highest BCUT2D eigenvalue weighted by Gasteiger charge is 2.28. The topological polar surface area (TPSA) is 84.6 Å². The summed E-state index contributed by atoms with van der Waals surface area (Å²) in [5.74, 6) is 0. The molecular weight excluding hydrogens is 344 g/mol. The van der Waals surface area contributed by atoms with Crippen molar-refractivity contribution in [3.05, 3.63) is 38.9 Å². The number of aryl methyl sites for hydroxylation is 2. The molecule has 25 heavy (non-hydrogen) atoms. The van der Waals surface area contributed by atoms with E-state index in [9.17, 15) is 18.0 Å². The van der Waals surface area contributed by atoms with E-state index in [1.807, 2.05) is 0 Å². The molecule has 1 aliphatic rings. The maximum atomic E-state index is 12.9. The monoisotopic (exact) mass is 366 g/mol. The molecule has 0 saturated carbocycles. The molecule has 2 heterocycles. The minimum Gasteiger partial charge on any atom is -0.305 e. The molecule has 9 heteroatoms. The zero-order chi connectivity index (χ0) is 18.4. The van der Waals surface area contributed by atoms with Crippen LogP contribution in [0.1, 0.15) is 6.92 Å². The van der Waals surface area contributed by atoms with Crippen molar-refractivity contribution in [3.63, 3.8) is 0 Å². The minimum atomic E-state index is -3.63. The summed E-state index contributed by atoms with van der Waals surface area (Å²) < 4.78 is 29.8. The number of fused-ring (bicyclic) bond motifs is 1. The van der Waals surface area contributed by atoms with Crippen LogP contribution in [-0.2, 0) is 24.1 Å². The van der Waals surface area contributed by atoms with E-state index >= 15 is 0 Å². The van der Waals surface area contributed by atoms with Gasteiger partial charge in [-0.15, -0.1) is 0 Å². The van der Waals surface area contributed by atoms with Gasteiger partial charge in [0.2, 0.25) is 10.0 Å². The average molecular weight is 366 g/mol. The lowest BCUT2D eigenvalue weighted by molar-refractivity contribution is 0.196. The molecule has 1 fully saturated rings. The van der Waals surface area contributed by atoms with Gasteiger partial charge >= 0.3 is 11.1 Å².